The fraction of sp³-hybridized carbons (Fsp3) is 0.400. The predicted octanol–water partition coefficient (Wildman–Crippen LogP) is 2.75. The van der Waals surface area contributed by atoms with Gasteiger partial charge in [-0.1, -0.05) is 23.7 Å². The number of ether oxygens (including phenoxy) is 1. The van der Waals surface area contributed by atoms with Crippen molar-refractivity contribution >= 4 is 23.5 Å². The number of hydrogen-bond donors (Lipinski definition) is 1. The van der Waals surface area contributed by atoms with E-state index in [2.05, 4.69) is 5.32 Å². The first-order chi connectivity index (χ1) is 10.0. The highest BCUT2D eigenvalue weighted by Gasteiger charge is 2.18. The number of nitriles is 1. The lowest BCUT2D eigenvalue weighted by atomic mass is 10.0. The molecule has 0 spiro atoms. The first-order valence-electron chi connectivity index (χ1n) is 6.58. The van der Waals surface area contributed by atoms with E-state index in [4.69, 9.17) is 21.6 Å². The van der Waals surface area contributed by atoms with Crippen LogP contribution in [0.2, 0.25) is 5.02 Å². The number of nitrogens with one attached hydrogen (secondary N) is 1. The summed E-state index contributed by atoms with van der Waals surface area (Å²) in [5, 5.41) is 11.7. The predicted molar refractivity (Wildman–Crippen MR) is 78.4 cm³/mol. The summed E-state index contributed by atoms with van der Waals surface area (Å²) in [6.07, 6.45) is 0.890. The molecule has 1 aromatic carbocycles. The van der Waals surface area contributed by atoms with E-state index in [0.717, 1.165) is 5.56 Å². The quantitative estimate of drug-likeness (QED) is 0.620. The Morgan fingerprint density at radius 2 is 2.05 bits per heavy atom. The van der Waals surface area contributed by atoms with E-state index in [1.807, 2.05) is 6.07 Å². The van der Waals surface area contributed by atoms with Gasteiger partial charge in [0.15, 0.2) is 0 Å². The molecular weight excluding hydrogens is 292 g/mol. The van der Waals surface area contributed by atoms with Crippen LogP contribution in [0.3, 0.4) is 0 Å². The molecule has 1 amide bonds. The van der Waals surface area contributed by atoms with Gasteiger partial charge in [-0.05, 0) is 24.1 Å². The third-order valence-electron chi connectivity index (χ3n) is 2.72. The van der Waals surface area contributed by atoms with Crippen molar-refractivity contribution in [3.05, 3.63) is 34.9 Å². The molecule has 0 saturated carbocycles. The SMILES string of the molecule is CC(=O)NC(CC(=O)OCCCC#N)c1ccc(Cl)cc1. The smallest absolute Gasteiger partial charge is 0.308 e. The molecule has 1 atom stereocenters. The molecule has 1 rings (SSSR count). The van der Waals surface area contributed by atoms with Crippen molar-refractivity contribution in [3.63, 3.8) is 0 Å². The number of esters is 1. The Labute approximate surface area is 128 Å². The second-order valence-electron chi connectivity index (χ2n) is 4.49. The second kappa shape index (κ2) is 8.98. The number of nitrogens with zero attached hydrogens (tertiary/aromatic N) is 1. The number of rotatable bonds is 7. The zero-order chi connectivity index (χ0) is 15.7. The monoisotopic (exact) mass is 308 g/mol. The molecule has 0 heterocycles. The van der Waals surface area contributed by atoms with Gasteiger partial charge in [0.1, 0.15) is 0 Å². The molecule has 0 aliphatic rings. The van der Waals surface area contributed by atoms with E-state index in [-0.39, 0.29) is 18.9 Å². The highest BCUT2D eigenvalue weighted by atomic mass is 35.5. The zero-order valence-electron chi connectivity index (χ0n) is 11.8. The minimum Gasteiger partial charge on any atom is -0.466 e. The van der Waals surface area contributed by atoms with Crippen LogP contribution in [-0.4, -0.2) is 18.5 Å². The van der Waals surface area contributed by atoms with E-state index in [1.165, 1.54) is 6.92 Å². The summed E-state index contributed by atoms with van der Waals surface area (Å²) < 4.78 is 5.03. The minimum absolute atomic E-state index is 0.0355. The fourth-order valence-electron chi connectivity index (χ4n) is 1.76. The minimum atomic E-state index is -0.455. The van der Waals surface area contributed by atoms with Crippen molar-refractivity contribution in [2.24, 2.45) is 0 Å². The van der Waals surface area contributed by atoms with Gasteiger partial charge in [0.25, 0.3) is 0 Å². The maximum atomic E-state index is 11.8. The maximum absolute atomic E-state index is 11.8. The summed E-state index contributed by atoms with van der Waals surface area (Å²) in [5.74, 6) is -0.645. The molecule has 21 heavy (non-hydrogen) atoms. The number of unbranched alkanes of at least 4 members (excludes halogenated alkanes) is 1. The van der Waals surface area contributed by atoms with E-state index >= 15 is 0 Å². The number of benzene rings is 1. The molecule has 6 heteroatoms. The molecule has 0 radical (unpaired) electrons. The molecule has 0 fully saturated rings. The van der Waals surface area contributed by atoms with Gasteiger partial charge in [0.2, 0.25) is 5.91 Å². The fourth-order valence-corrected chi connectivity index (χ4v) is 1.88. The Kier molecular flexibility index (Phi) is 7.27. The highest BCUT2D eigenvalue weighted by Crippen LogP contribution is 2.20. The van der Waals surface area contributed by atoms with Crippen LogP contribution in [0, 0.1) is 11.3 Å². The number of hydrogen-bond acceptors (Lipinski definition) is 4. The van der Waals surface area contributed by atoms with Gasteiger partial charge in [-0.2, -0.15) is 5.26 Å². The molecule has 1 unspecified atom stereocenters. The lowest BCUT2D eigenvalue weighted by Crippen LogP contribution is -2.28. The Morgan fingerprint density at radius 3 is 2.62 bits per heavy atom. The van der Waals surface area contributed by atoms with E-state index in [1.54, 1.807) is 24.3 Å². The van der Waals surface area contributed by atoms with Gasteiger partial charge in [-0.3, -0.25) is 9.59 Å². The van der Waals surface area contributed by atoms with Crippen molar-refractivity contribution in [1.29, 1.82) is 5.26 Å². The van der Waals surface area contributed by atoms with Gasteiger partial charge in [-0.25, -0.2) is 0 Å². The van der Waals surface area contributed by atoms with Crippen LogP contribution >= 0.6 is 11.6 Å². The topological polar surface area (TPSA) is 79.2 Å². The molecule has 1 aromatic rings. The van der Waals surface area contributed by atoms with Crippen LogP contribution in [0.1, 0.15) is 37.8 Å². The second-order valence-corrected chi connectivity index (χ2v) is 4.93. The molecule has 5 nitrogen and oxygen atoms in total. The van der Waals surface area contributed by atoms with Crippen molar-refractivity contribution in [2.45, 2.75) is 32.2 Å². The Bertz CT molecular complexity index is 523. The summed E-state index contributed by atoms with van der Waals surface area (Å²) in [7, 11) is 0. The number of amides is 1. The largest absolute Gasteiger partial charge is 0.466 e. The van der Waals surface area contributed by atoms with Gasteiger partial charge < -0.3 is 10.1 Å². The Morgan fingerprint density at radius 1 is 1.38 bits per heavy atom. The maximum Gasteiger partial charge on any atom is 0.308 e. The molecule has 0 aliphatic heterocycles. The van der Waals surface area contributed by atoms with Gasteiger partial charge in [0, 0.05) is 18.4 Å². The van der Waals surface area contributed by atoms with Crippen LogP contribution in [0.4, 0.5) is 0 Å². The molecule has 0 aliphatic carbocycles. The molecular formula is C15H17ClN2O3. The standard InChI is InChI=1S/C15H17ClN2O3/c1-11(19)18-14(12-4-6-13(16)7-5-12)10-15(20)21-9-3-2-8-17/h4-7,14H,2-3,9-10H2,1H3,(H,18,19). The summed E-state index contributed by atoms with van der Waals surface area (Å²) >= 11 is 5.82. The van der Waals surface area contributed by atoms with Crippen LogP contribution in [0.15, 0.2) is 24.3 Å². The normalized spacial score (nSPS) is 11.3. The van der Waals surface area contributed by atoms with Crippen LogP contribution in [0.5, 0.6) is 0 Å². The van der Waals surface area contributed by atoms with Crippen LogP contribution < -0.4 is 5.32 Å². The Hall–Kier alpha value is -2.06. The molecule has 0 aromatic heterocycles. The van der Waals surface area contributed by atoms with E-state index in [9.17, 15) is 9.59 Å². The lowest BCUT2D eigenvalue weighted by molar-refractivity contribution is -0.144. The third kappa shape index (κ3) is 6.77. The molecule has 112 valence electrons. The first kappa shape index (κ1) is 17.0. The van der Waals surface area contributed by atoms with Gasteiger partial charge in [-0.15, -0.1) is 0 Å². The average molecular weight is 309 g/mol. The van der Waals surface area contributed by atoms with Gasteiger partial charge >= 0.3 is 5.97 Å². The summed E-state index contributed by atoms with van der Waals surface area (Å²) in [6.45, 7) is 1.60. The van der Waals surface area contributed by atoms with Crippen molar-refractivity contribution in [1.82, 2.24) is 5.32 Å². The summed E-state index contributed by atoms with van der Waals surface area (Å²) in [6, 6.07) is 8.43. The lowest BCUT2D eigenvalue weighted by Gasteiger charge is -2.17. The van der Waals surface area contributed by atoms with Crippen molar-refractivity contribution < 1.29 is 14.3 Å². The van der Waals surface area contributed by atoms with Crippen molar-refractivity contribution in [2.75, 3.05) is 6.61 Å². The van der Waals surface area contributed by atoms with Crippen LogP contribution in [0.25, 0.3) is 0 Å². The summed E-state index contributed by atoms with van der Waals surface area (Å²) in [4.78, 5) is 23.0. The first-order valence-corrected chi connectivity index (χ1v) is 6.96. The van der Waals surface area contributed by atoms with E-state index in [0.29, 0.717) is 17.9 Å². The van der Waals surface area contributed by atoms with E-state index < -0.39 is 12.0 Å². The number of halogens is 1. The average Bonchev–Trinajstić information content (AvgIpc) is 2.43. The molecule has 0 saturated heterocycles. The summed E-state index contributed by atoms with van der Waals surface area (Å²) in [5.41, 5.74) is 0.781. The van der Waals surface area contributed by atoms with Crippen LogP contribution in [-0.2, 0) is 14.3 Å². The third-order valence-corrected chi connectivity index (χ3v) is 2.97. The van der Waals surface area contributed by atoms with Crippen molar-refractivity contribution in [3.8, 4) is 6.07 Å². The highest BCUT2D eigenvalue weighted by molar-refractivity contribution is 6.30. The zero-order valence-corrected chi connectivity index (χ0v) is 12.5. The number of carbonyl (C=O) groups is 2. The number of carbonyl (C=O) groups excluding carboxylic acids is 2. The molecule has 0 bridgehead atoms. The Balaban J connectivity index is 2.62. The molecule has 1 N–H and O–H groups in total. The van der Waals surface area contributed by atoms with Gasteiger partial charge in [0.05, 0.1) is 25.1 Å².